The van der Waals surface area contributed by atoms with Crippen LogP contribution in [0.15, 0.2) is 59.3 Å². The Balaban J connectivity index is 1.46. The zero-order valence-corrected chi connectivity index (χ0v) is 15.7. The van der Waals surface area contributed by atoms with Gasteiger partial charge in [0, 0.05) is 39.8 Å². The van der Waals surface area contributed by atoms with Crippen LogP contribution >= 0.6 is 11.6 Å². The van der Waals surface area contributed by atoms with Gasteiger partial charge in [-0.3, -0.25) is 4.79 Å². The first-order valence-corrected chi connectivity index (χ1v) is 9.55. The molecule has 0 aliphatic carbocycles. The van der Waals surface area contributed by atoms with Gasteiger partial charge in [0.2, 0.25) is 11.7 Å². The Morgan fingerprint density at radius 1 is 1.21 bits per heavy atom. The van der Waals surface area contributed by atoms with E-state index in [9.17, 15) is 4.79 Å². The van der Waals surface area contributed by atoms with Crippen molar-refractivity contribution in [3.05, 3.63) is 71.2 Å². The van der Waals surface area contributed by atoms with Gasteiger partial charge in [0.25, 0.3) is 5.91 Å². The van der Waals surface area contributed by atoms with Crippen LogP contribution in [0.25, 0.3) is 22.3 Å². The predicted molar refractivity (Wildman–Crippen MR) is 106 cm³/mol. The first kappa shape index (κ1) is 17.0. The van der Waals surface area contributed by atoms with Gasteiger partial charge in [-0.25, -0.2) is 0 Å². The zero-order chi connectivity index (χ0) is 19.1. The first-order chi connectivity index (χ1) is 13.7. The fourth-order valence-electron chi connectivity index (χ4n) is 3.81. The van der Waals surface area contributed by atoms with E-state index >= 15 is 0 Å². The zero-order valence-electron chi connectivity index (χ0n) is 14.9. The Bertz CT molecular complexity index is 1170. The number of hydrogen-bond acceptors (Lipinski definition) is 4. The molecule has 0 saturated carbocycles. The summed E-state index contributed by atoms with van der Waals surface area (Å²) < 4.78 is 5.53. The predicted octanol–water partition coefficient (Wildman–Crippen LogP) is 4.85. The van der Waals surface area contributed by atoms with Gasteiger partial charge < -0.3 is 14.4 Å². The van der Waals surface area contributed by atoms with Crippen molar-refractivity contribution in [1.82, 2.24) is 20.0 Å². The normalized spacial score (nSPS) is 16.8. The molecule has 28 heavy (non-hydrogen) atoms. The van der Waals surface area contributed by atoms with Crippen molar-refractivity contribution in [3.63, 3.8) is 0 Å². The van der Waals surface area contributed by atoms with Crippen LogP contribution in [0.2, 0.25) is 5.02 Å². The van der Waals surface area contributed by atoms with Gasteiger partial charge in [-0.15, -0.1) is 0 Å². The summed E-state index contributed by atoms with van der Waals surface area (Å²) >= 11 is 6.06. The van der Waals surface area contributed by atoms with Crippen molar-refractivity contribution >= 4 is 28.4 Å². The number of fused-ring (bicyclic) bond motifs is 1. The molecule has 2 aromatic heterocycles. The highest BCUT2D eigenvalue weighted by Gasteiger charge is 2.35. The van der Waals surface area contributed by atoms with Gasteiger partial charge in [-0.1, -0.05) is 35.0 Å². The summed E-state index contributed by atoms with van der Waals surface area (Å²) in [5, 5.41) is 5.62. The van der Waals surface area contributed by atoms with E-state index < -0.39 is 0 Å². The van der Waals surface area contributed by atoms with Crippen molar-refractivity contribution in [2.24, 2.45) is 0 Å². The molecule has 4 aromatic rings. The number of carbonyl (C=O) groups excluding carboxylic acids is 1. The molecule has 1 aliphatic rings. The van der Waals surface area contributed by atoms with E-state index in [-0.39, 0.29) is 11.9 Å². The van der Waals surface area contributed by atoms with Crippen LogP contribution in [0.3, 0.4) is 0 Å². The third-order valence-corrected chi connectivity index (χ3v) is 5.38. The first-order valence-electron chi connectivity index (χ1n) is 9.17. The number of aromatic amines is 1. The smallest absolute Gasteiger partial charge is 0.255 e. The molecule has 1 saturated heterocycles. The Hall–Kier alpha value is -3.12. The Labute approximate surface area is 166 Å². The molecular weight excluding hydrogens is 376 g/mol. The molecular formula is C21H17ClN4O2. The number of rotatable bonds is 3. The Morgan fingerprint density at radius 3 is 3.00 bits per heavy atom. The van der Waals surface area contributed by atoms with E-state index in [1.807, 2.05) is 47.5 Å². The fraction of sp³-hybridized carbons (Fsp3) is 0.190. The molecule has 0 unspecified atom stereocenters. The molecule has 1 fully saturated rings. The van der Waals surface area contributed by atoms with Crippen molar-refractivity contribution in [2.45, 2.75) is 18.9 Å². The highest BCUT2D eigenvalue weighted by Crippen LogP contribution is 2.34. The molecule has 1 aliphatic heterocycles. The van der Waals surface area contributed by atoms with Crippen LogP contribution in [0, 0.1) is 0 Å². The molecule has 3 heterocycles. The van der Waals surface area contributed by atoms with E-state index in [1.165, 1.54) is 0 Å². The van der Waals surface area contributed by atoms with Crippen LogP contribution in [-0.2, 0) is 0 Å². The molecule has 0 spiro atoms. The second-order valence-corrected chi connectivity index (χ2v) is 7.30. The maximum absolute atomic E-state index is 13.3. The minimum absolute atomic E-state index is 0.0183. The third kappa shape index (κ3) is 2.86. The minimum Gasteiger partial charge on any atom is -0.361 e. The number of nitrogens with one attached hydrogen (secondary N) is 1. The van der Waals surface area contributed by atoms with Crippen LogP contribution in [0.5, 0.6) is 0 Å². The summed E-state index contributed by atoms with van der Waals surface area (Å²) in [6, 6.07) is 14.7. The molecule has 1 atom stereocenters. The summed E-state index contributed by atoms with van der Waals surface area (Å²) in [5.41, 5.74) is 2.42. The van der Waals surface area contributed by atoms with Gasteiger partial charge in [-0.2, -0.15) is 4.98 Å². The van der Waals surface area contributed by atoms with E-state index in [0.717, 1.165) is 29.3 Å². The lowest BCUT2D eigenvalue weighted by Crippen LogP contribution is -2.30. The number of H-pyrrole nitrogens is 1. The SMILES string of the molecule is O=C(c1cccc2[nH]ccc12)N1CCC[C@@H]1c1nc(-c2cccc(Cl)c2)no1. The van der Waals surface area contributed by atoms with E-state index in [0.29, 0.717) is 28.8 Å². The van der Waals surface area contributed by atoms with Gasteiger partial charge in [0.15, 0.2) is 0 Å². The molecule has 2 aromatic carbocycles. The number of hydrogen-bond donors (Lipinski definition) is 1. The van der Waals surface area contributed by atoms with Crippen molar-refractivity contribution in [3.8, 4) is 11.4 Å². The summed E-state index contributed by atoms with van der Waals surface area (Å²) in [5.74, 6) is 0.918. The fourth-order valence-corrected chi connectivity index (χ4v) is 4.00. The highest BCUT2D eigenvalue weighted by molar-refractivity contribution is 6.30. The number of carbonyl (C=O) groups is 1. The molecule has 1 N–H and O–H groups in total. The summed E-state index contributed by atoms with van der Waals surface area (Å²) in [4.78, 5) is 22.8. The highest BCUT2D eigenvalue weighted by atomic mass is 35.5. The second-order valence-electron chi connectivity index (χ2n) is 6.87. The number of aromatic nitrogens is 3. The topological polar surface area (TPSA) is 75.0 Å². The van der Waals surface area contributed by atoms with Gasteiger partial charge in [0.05, 0.1) is 0 Å². The second kappa shape index (κ2) is 6.80. The van der Waals surface area contributed by atoms with Crippen LogP contribution in [-0.4, -0.2) is 32.5 Å². The molecule has 7 heteroatoms. The lowest BCUT2D eigenvalue weighted by molar-refractivity contribution is 0.0712. The van der Waals surface area contributed by atoms with Crippen molar-refractivity contribution < 1.29 is 9.32 Å². The summed E-state index contributed by atoms with van der Waals surface area (Å²) in [7, 11) is 0. The maximum Gasteiger partial charge on any atom is 0.255 e. The molecule has 1 amide bonds. The Morgan fingerprint density at radius 2 is 2.11 bits per heavy atom. The molecule has 140 valence electrons. The summed E-state index contributed by atoms with van der Waals surface area (Å²) in [6.07, 6.45) is 3.54. The van der Waals surface area contributed by atoms with E-state index in [4.69, 9.17) is 16.1 Å². The largest absolute Gasteiger partial charge is 0.361 e. The number of nitrogens with zero attached hydrogens (tertiary/aromatic N) is 3. The monoisotopic (exact) mass is 392 g/mol. The average Bonchev–Trinajstić information content (AvgIpc) is 3.46. The summed E-state index contributed by atoms with van der Waals surface area (Å²) in [6.45, 7) is 0.666. The van der Waals surface area contributed by atoms with Crippen molar-refractivity contribution in [1.29, 1.82) is 0 Å². The van der Waals surface area contributed by atoms with Crippen LogP contribution in [0.1, 0.15) is 35.1 Å². The number of amides is 1. The quantitative estimate of drug-likeness (QED) is 0.540. The number of halogens is 1. The van der Waals surface area contributed by atoms with Crippen LogP contribution in [0.4, 0.5) is 0 Å². The van der Waals surface area contributed by atoms with Gasteiger partial charge in [0.1, 0.15) is 6.04 Å². The minimum atomic E-state index is -0.220. The lowest BCUT2D eigenvalue weighted by Gasteiger charge is -2.22. The molecule has 0 bridgehead atoms. The number of benzene rings is 2. The van der Waals surface area contributed by atoms with E-state index in [1.54, 1.807) is 12.1 Å². The Kier molecular flexibility index (Phi) is 4.13. The van der Waals surface area contributed by atoms with E-state index in [2.05, 4.69) is 15.1 Å². The van der Waals surface area contributed by atoms with Gasteiger partial charge >= 0.3 is 0 Å². The van der Waals surface area contributed by atoms with Gasteiger partial charge in [-0.05, 0) is 43.2 Å². The molecule has 5 rings (SSSR count). The third-order valence-electron chi connectivity index (χ3n) is 5.15. The van der Waals surface area contributed by atoms with Crippen molar-refractivity contribution in [2.75, 3.05) is 6.54 Å². The number of likely N-dealkylation sites (tertiary alicyclic amines) is 1. The maximum atomic E-state index is 13.3. The standard InChI is InChI=1S/C21H17ClN4O2/c22-14-5-1-4-13(12-14)19-24-20(28-25-19)18-8-3-11-26(18)21(27)16-6-2-7-17-15(16)9-10-23-17/h1-2,4-7,9-10,12,18,23H,3,8,11H2/t18-/m1/s1. The molecule has 0 radical (unpaired) electrons. The lowest BCUT2D eigenvalue weighted by atomic mass is 10.1. The van der Waals surface area contributed by atoms with Crippen LogP contribution < -0.4 is 0 Å². The molecule has 6 nitrogen and oxygen atoms in total. The average molecular weight is 393 g/mol.